The average Bonchev–Trinajstić information content (AvgIpc) is 2.87. The van der Waals surface area contributed by atoms with Crippen LogP contribution in [0.1, 0.15) is 0 Å². The van der Waals surface area contributed by atoms with E-state index in [9.17, 15) is 0 Å². The standard InChI is InChI=1S/C28H22N2Si/c1-4-12-23(13-5-1)31(24-14-6-2-7-15-24,25-16-8-3-9-17-25)26-19-21-30-28(22-26)27-18-10-11-20-29-27/h1-22H. The molecule has 0 N–H and O–H groups in total. The zero-order valence-corrected chi connectivity index (χ0v) is 18.1. The van der Waals surface area contributed by atoms with Gasteiger partial charge in [-0.25, -0.2) is 0 Å². The Morgan fingerprint density at radius 1 is 0.387 bits per heavy atom. The molecule has 31 heavy (non-hydrogen) atoms. The summed E-state index contributed by atoms with van der Waals surface area (Å²) in [5.41, 5.74) is 1.79. The maximum Gasteiger partial charge on any atom is 0.179 e. The van der Waals surface area contributed by atoms with Crippen LogP contribution in [-0.2, 0) is 0 Å². The van der Waals surface area contributed by atoms with Gasteiger partial charge in [0.2, 0.25) is 0 Å². The molecular weight excluding hydrogens is 392 g/mol. The molecule has 0 amide bonds. The van der Waals surface area contributed by atoms with Crippen LogP contribution in [0, 0.1) is 0 Å². The first kappa shape index (κ1) is 19.2. The average molecular weight is 415 g/mol. The molecule has 3 heteroatoms. The van der Waals surface area contributed by atoms with Gasteiger partial charge in [0.25, 0.3) is 0 Å². The van der Waals surface area contributed by atoms with Gasteiger partial charge in [0.15, 0.2) is 8.07 Å². The molecule has 0 saturated carbocycles. The van der Waals surface area contributed by atoms with Gasteiger partial charge < -0.3 is 0 Å². The van der Waals surface area contributed by atoms with E-state index in [2.05, 4.69) is 113 Å². The zero-order chi connectivity index (χ0) is 20.9. The van der Waals surface area contributed by atoms with E-state index in [4.69, 9.17) is 0 Å². The highest BCUT2D eigenvalue weighted by atomic mass is 28.3. The van der Waals surface area contributed by atoms with E-state index in [0.717, 1.165) is 11.4 Å². The molecule has 2 aromatic heterocycles. The van der Waals surface area contributed by atoms with Crippen LogP contribution in [0.4, 0.5) is 0 Å². The van der Waals surface area contributed by atoms with Crippen molar-refractivity contribution in [3.05, 3.63) is 134 Å². The molecule has 0 spiro atoms. The third-order valence-electron chi connectivity index (χ3n) is 5.74. The Balaban J connectivity index is 1.85. The number of rotatable bonds is 5. The predicted molar refractivity (Wildman–Crippen MR) is 131 cm³/mol. The molecule has 0 aliphatic carbocycles. The largest absolute Gasteiger partial charge is 0.255 e. The number of nitrogens with zero attached hydrogens (tertiary/aromatic N) is 2. The summed E-state index contributed by atoms with van der Waals surface area (Å²) in [6, 6.07) is 43.1. The fourth-order valence-electron chi connectivity index (χ4n) is 4.38. The number of hydrogen-bond acceptors (Lipinski definition) is 2. The van der Waals surface area contributed by atoms with Gasteiger partial charge in [-0.05, 0) is 45.0 Å². The molecule has 3 aromatic carbocycles. The van der Waals surface area contributed by atoms with E-state index < -0.39 is 8.07 Å². The number of pyridine rings is 2. The van der Waals surface area contributed by atoms with E-state index in [0.29, 0.717) is 0 Å². The molecule has 0 aliphatic rings. The van der Waals surface area contributed by atoms with Crippen molar-refractivity contribution >= 4 is 28.8 Å². The highest BCUT2D eigenvalue weighted by Crippen LogP contribution is 2.15. The van der Waals surface area contributed by atoms with E-state index in [1.807, 2.05) is 30.6 Å². The molecule has 2 heterocycles. The molecular formula is C28H22N2Si. The molecule has 148 valence electrons. The first-order valence-electron chi connectivity index (χ1n) is 10.4. The molecule has 5 aromatic rings. The lowest BCUT2D eigenvalue weighted by molar-refractivity contribution is 1.25. The minimum absolute atomic E-state index is 0.890. The summed E-state index contributed by atoms with van der Waals surface area (Å²) in [5, 5.41) is 5.36. The second-order valence-electron chi connectivity index (χ2n) is 7.49. The first-order chi connectivity index (χ1) is 15.4. The minimum atomic E-state index is -2.53. The fourth-order valence-corrected chi connectivity index (χ4v) is 9.14. The van der Waals surface area contributed by atoms with Crippen molar-refractivity contribution in [1.82, 2.24) is 9.97 Å². The van der Waals surface area contributed by atoms with Gasteiger partial charge in [0, 0.05) is 12.4 Å². The molecule has 0 bridgehead atoms. The van der Waals surface area contributed by atoms with E-state index >= 15 is 0 Å². The van der Waals surface area contributed by atoms with Crippen molar-refractivity contribution in [2.24, 2.45) is 0 Å². The van der Waals surface area contributed by atoms with Gasteiger partial charge in [-0.3, -0.25) is 9.97 Å². The Kier molecular flexibility index (Phi) is 5.25. The van der Waals surface area contributed by atoms with Crippen molar-refractivity contribution in [3.8, 4) is 11.4 Å². The Hall–Kier alpha value is -3.82. The third-order valence-corrected chi connectivity index (χ3v) is 10.5. The Labute approximate surface area is 183 Å². The molecule has 0 aliphatic heterocycles. The van der Waals surface area contributed by atoms with Crippen molar-refractivity contribution in [3.63, 3.8) is 0 Å². The number of benzene rings is 3. The molecule has 0 atom stereocenters. The van der Waals surface area contributed by atoms with Crippen LogP contribution in [0.15, 0.2) is 134 Å². The van der Waals surface area contributed by atoms with Crippen molar-refractivity contribution in [2.75, 3.05) is 0 Å². The summed E-state index contributed by atoms with van der Waals surface area (Å²) in [6.45, 7) is 0. The van der Waals surface area contributed by atoms with Crippen LogP contribution in [0.25, 0.3) is 11.4 Å². The summed E-state index contributed by atoms with van der Waals surface area (Å²) in [7, 11) is -2.53. The maximum atomic E-state index is 4.66. The second-order valence-corrected chi connectivity index (χ2v) is 11.3. The van der Waals surface area contributed by atoms with Gasteiger partial charge in [-0.1, -0.05) is 97.1 Å². The van der Waals surface area contributed by atoms with Crippen molar-refractivity contribution < 1.29 is 0 Å². The van der Waals surface area contributed by atoms with Crippen LogP contribution >= 0.6 is 0 Å². The quantitative estimate of drug-likeness (QED) is 0.325. The molecule has 0 fully saturated rings. The van der Waals surface area contributed by atoms with Crippen LogP contribution in [-0.4, -0.2) is 18.0 Å². The fraction of sp³-hybridized carbons (Fsp3) is 0. The Bertz CT molecular complexity index is 1160. The second kappa shape index (κ2) is 8.50. The molecule has 0 saturated heterocycles. The summed E-state index contributed by atoms with van der Waals surface area (Å²) in [5.74, 6) is 0. The molecule has 0 radical (unpaired) electrons. The van der Waals surface area contributed by atoms with Gasteiger partial charge in [0.1, 0.15) is 0 Å². The first-order valence-corrected chi connectivity index (χ1v) is 12.4. The zero-order valence-electron chi connectivity index (χ0n) is 17.1. The van der Waals surface area contributed by atoms with Crippen LogP contribution < -0.4 is 20.7 Å². The monoisotopic (exact) mass is 414 g/mol. The van der Waals surface area contributed by atoms with Gasteiger partial charge in [-0.15, -0.1) is 0 Å². The van der Waals surface area contributed by atoms with Gasteiger partial charge in [-0.2, -0.15) is 0 Å². The van der Waals surface area contributed by atoms with E-state index in [1.54, 1.807) is 0 Å². The minimum Gasteiger partial charge on any atom is -0.255 e. The number of hydrogen-bond donors (Lipinski definition) is 0. The smallest absolute Gasteiger partial charge is 0.179 e. The van der Waals surface area contributed by atoms with E-state index in [1.165, 1.54) is 20.7 Å². The summed E-state index contributed by atoms with van der Waals surface area (Å²) in [4.78, 5) is 9.21. The third kappa shape index (κ3) is 3.49. The molecule has 5 rings (SSSR count). The van der Waals surface area contributed by atoms with Crippen LogP contribution in [0.5, 0.6) is 0 Å². The predicted octanol–water partition coefficient (Wildman–Crippen LogP) is 3.52. The lowest BCUT2D eigenvalue weighted by Gasteiger charge is -2.34. The summed E-state index contributed by atoms with van der Waals surface area (Å²) < 4.78 is 0. The van der Waals surface area contributed by atoms with E-state index in [-0.39, 0.29) is 0 Å². The lowest BCUT2D eigenvalue weighted by Crippen LogP contribution is -2.74. The SMILES string of the molecule is c1ccc([Si](c2ccccc2)(c2ccccc2)c2ccnc(-c3ccccn3)c2)cc1. The summed E-state index contributed by atoms with van der Waals surface area (Å²) in [6.07, 6.45) is 3.75. The molecule has 0 unspecified atom stereocenters. The normalized spacial score (nSPS) is 11.2. The lowest BCUT2D eigenvalue weighted by atomic mass is 10.2. The van der Waals surface area contributed by atoms with Crippen molar-refractivity contribution in [1.29, 1.82) is 0 Å². The van der Waals surface area contributed by atoms with Gasteiger partial charge in [0.05, 0.1) is 11.4 Å². The molecule has 2 nitrogen and oxygen atoms in total. The Morgan fingerprint density at radius 3 is 1.35 bits per heavy atom. The Morgan fingerprint density at radius 2 is 0.871 bits per heavy atom. The highest BCUT2D eigenvalue weighted by Gasteiger charge is 2.41. The highest BCUT2D eigenvalue weighted by molar-refractivity contribution is 7.19. The van der Waals surface area contributed by atoms with Crippen LogP contribution in [0.3, 0.4) is 0 Å². The van der Waals surface area contributed by atoms with Gasteiger partial charge >= 0.3 is 0 Å². The van der Waals surface area contributed by atoms with Crippen LogP contribution in [0.2, 0.25) is 0 Å². The van der Waals surface area contributed by atoms with Crippen molar-refractivity contribution in [2.45, 2.75) is 0 Å². The number of aromatic nitrogens is 2. The topological polar surface area (TPSA) is 25.8 Å². The summed E-state index contributed by atoms with van der Waals surface area (Å²) >= 11 is 0. The maximum absolute atomic E-state index is 4.66.